The number of benzene rings is 7. The molecule has 2 aromatic heterocycles. The number of hydrogen-bond acceptors (Lipinski definition) is 2. The molecule has 0 aliphatic rings. The zero-order valence-corrected chi connectivity index (χ0v) is 29.2. The van der Waals surface area contributed by atoms with Crippen molar-refractivity contribution in [3.63, 3.8) is 0 Å². The van der Waals surface area contributed by atoms with Gasteiger partial charge in [-0.15, -0.1) is 0 Å². The van der Waals surface area contributed by atoms with Crippen molar-refractivity contribution in [1.29, 1.82) is 0 Å². The first-order chi connectivity index (χ1) is 25.6. The van der Waals surface area contributed by atoms with Crippen LogP contribution in [0.4, 0.5) is 0 Å². The molecule has 0 N–H and O–H groups in total. The molecule has 0 unspecified atom stereocenters. The average Bonchev–Trinajstić information content (AvgIpc) is 3.21. The molecule has 0 aliphatic heterocycles. The predicted octanol–water partition coefficient (Wildman–Crippen LogP) is 13.4. The molecule has 2 nitrogen and oxygen atoms in total. The van der Waals surface area contributed by atoms with Gasteiger partial charge in [0.05, 0.1) is 22.4 Å². The monoisotopic (exact) mass is 664 g/mol. The molecule has 246 valence electrons. The van der Waals surface area contributed by atoms with Crippen LogP contribution in [0, 0.1) is 13.8 Å². The van der Waals surface area contributed by atoms with Crippen LogP contribution in [-0.4, -0.2) is 9.97 Å². The first kappa shape index (κ1) is 31.3. The fraction of sp³-hybridized carbons (Fsp3) is 0.0400. The Morgan fingerprint density at radius 3 is 0.962 bits per heavy atom. The smallest absolute Gasteiger partial charge is 0.0978 e. The summed E-state index contributed by atoms with van der Waals surface area (Å²) in [6, 6.07) is 64.9. The van der Waals surface area contributed by atoms with Crippen LogP contribution in [0.25, 0.3) is 88.8 Å². The van der Waals surface area contributed by atoms with Crippen molar-refractivity contribution in [3.8, 4) is 67.0 Å². The summed E-state index contributed by atoms with van der Waals surface area (Å²) in [5.74, 6) is 0. The largest absolute Gasteiger partial charge is 0.245 e. The fourth-order valence-corrected chi connectivity index (χ4v) is 7.44. The van der Waals surface area contributed by atoms with E-state index in [2.05, 4.69) is 196 Å². The Morgan fingerprint density at radius 1 is 0.288 bits per heavy atom. The molecule has 0 aliphatic carbocycles. The second-order valence-corrected chi connectivity index (χ2v) is 13.5. The number of aryl methyl sites for hydroxylation is 2. The topological polar surface area (TPSA) is 25.8 Å². The summed E-state index contributed by atoms with van der Waals surface area (Å²) in [4.78, 5) is 11.2. The minimum atomic E-state index is 0.890. The summed E-state index contributed by atoms with van der Waals surface area (Å²) in [6.07, 6.45) is 0. The van der Waals surface area contributed by atoms with Gasteiger partial charge in [0.1, 0.15) is 0 Å². The molecule has 2 heterocycles. The fourth-order valence-electron chi connectivity index (χ4n) is 7.44. The van der Waals surface area contributed by atoms with Crippen molar-refractivity contribution in [3.05, 3.63) is 193 Å². The predicted molar refractivity (Wildman–Crippen MR) is 219 cm³/mol. The molecule has 0 amide bonds. The van der Waals surface area contributed by atoms with Crippen LogP contribution >= 0.6 is 0 Å². The highest BCUT2D eigenvalue weighted by Crippen LogP contribution is 2.42. The third-order valence-corrected chi connectivity index (χ3v) is 10.00. The second-order valence-electron chi connectivity index (χ2n) is 13.5. The number of rotatable bonds is 6. The van der Waals surface area contributed by atoms with Crippen LogP contribution in [-0.2, 0) is 0 Å². The van der Waals surface area contributed by atoms with Gasteiger partial charge in [-0.25, -0.2) is 9.97 Å². The molecule has 0 atom stereocenters. The molecule has 9 rings (SSSR count). The lowest BCUT2D eigenvalue weighted by molar-refractivity contribution is 1.35. The van der Waals surface area contributed by atoms with Crippen LogP contribution in [0.1, 0.15) is 11.1 Å². The summed E-state index contributed by atoms with van der Waals surface area (Å²) in [7, 11) is 0. The highest BCUT2D eigenvalue weighted by Gasteiger charge is 2.20. The minimum absolute atomic E-state index is 0.890. The van der Waals surface area contributed by atoms with E-state index in [0.29, 0.717) is 0 Å². The highest BCUT2D eigenvalue weighted by molar-refractivity contribution is 6.13. The van der Waals surface area contributed by atoms with Crippen molar-refractivity contribution >= 4 is 21.8 Å². The van der Waals surface area contributed by atoms with Gasteiger partial charge in [-0.05, 0) is 70.5 Å². The van der Waals surface area contributed by atoms with E-state index in [0.717, 1.165) is 77.7 Å². The molecule has 2 heteroatoms. The first-order valence-electron chi connectivity index (χ1n) is 17.8. The van der Waals surface area contributed by atoms with E-state index in [9.17, 15) is 0 Å². The van der Waals surface area contributed by atoms with Gasteiger partial charge in [-0.1, -0.05) is 181 Å². The normalized spacial score (nSPS) is 11.3. The molecule has 9 aromatic rings. The van der Waals surface area contributed by atoms with E-state index in [4.69, 9.17) is 9.97 Å². The lowest BCUT2D eigenvalue weighted by atomic mass is 9.91. The molecule has 0 spiro atoms. The maximum atomic E-state index is 5.58. The van der Waals surface area contributed by atoms with Crippen LogP contribution in [0.15, 0.2) is 182 Å². The van der Waals surface area contributed by atoms with Crippen molar-refractivity contribution < 1.29 is 0 Å². The third-order valence-electron chi connectivity index (χ3n) is 10.00. The summed E-state index contributed by atoms with van der Waals surface area (Å²) < 4.78 is 0. The SMILES string of the molecule is Cc1ccc(-c2cc(-c3ccccc3)c3ccc4c(-c5ccccc5)cc(-c5ccc(C)cc5-c5ccccc5)nc4c3n2)c(-c2ccccc2)c1. The van der Waals surface area contributed by atoms with E-state index in [1.807, 2.05) is 0 Å². The van der Waals surface area contributed by atoms with Crippen LogP contribution in [0.5, 0.6) is 0 Å². The van der Waals surface area contributed by atoms with Gasteiger partial charge in [0, 0.05) is 21.9 Å². The molecule has 7 aromatic carbocycles. The number of nitrogens with zero attached hydrogens (tertiary/aromatic N) is 2. The summed E-state index contributed by atoms with van der Waals surface area (Å²) >= 11 is 0. The molecular formula is C50H36N2. The zero-order chi connectivity index (χ0) is 35.0. The lowest BCUT2D eigenvalue weighted by Crippen LogP contribution is -1.97. The van der Waals surface area contributed by atoms with Gasteiger partial charge in [0.25, 0.3) is 0 Å². The molecule has 0 radical (unpaired) electrons. The molecule has 0 saturated carbocycles. The van der Waals surface area contributed by atoms with Gasteiger partial charge in [0.15, 0.2) is 0 Å². The number of fused-ring (bicyclic) bond motifs is 3. The van der Waals surface area contributed by atoms with Gasteiger partial charge < -0.3 is 0 Å². The molecule has 0 bridgehead atoms. The summed E-state index contributed by atoms with van der Waals surface area (Å²) in [6.45, 7) is 4.30. The lowest BCUT2D eigenvalue weighted by Gasteiger charge is -2.18. The average molecular weight is 665 g/mol. The number of aromatic nitrogens is 2. The Labute approximate surface area is 304 Å². The van der Waals surface area contributed by atoms with E-state index >= 15 is 0 Å². The highest BCUT2D eigenvalue weighted by atomic mass is 14.8. The van der Waals surface area contributed by atoms with Crippen molar-refractivity contribution in [1.82, 2.24) is 9.97 Å². The Bertz CT molecular complexity index is 2530. The van der Waals surface area contributed by atoms with Gasteiger partial charge in [-0.3, -0.25) is 0 Å². The Hall–Kier alpha value is -6.64. The van der Waals surface area contributed by atoms with Crippen molar-refractivity contribution in [2.45, 2.75) is 13.8 Å². The summed E-state index contributed by atoms with van der Waals surface area (Å²) in [5, 5.41) is 2.15. The molecule has 52 heavy (non-hydrogen) atoms. The zero-order valence-electron chi connectivity index (χ0n) is 29.2. The van der Waals surface area contributed by atoms with E-state index in [-0.39, 0.29) is 0 Å². The van der Waals surface area contributed by atoms with Crippen LogP contribution in [0.3, 0.4) is 0 Å². The first-order valence-corrected chi connectivity index (χ1v) is 17.8. The quantitative estimate of drug-likeness (QED) is 0.165. The maximum Gasteiger partial charge on any atom is 0.0978 e. The Balaban J connectivity index is 1.40. The van der Waals surface area contributed by atoms with Gasteiger partial charge >= 0.3 is 0 Å². The van der Waals surface area contributed by atoms with Gasteiger partial charge in [-0.2, -0.15) is 0 Å². The van der Waals surface area contributed by atoms with Crippen molar-refractivity contribution in [2.24, 2.45) is 0 Å². The standard InChI is InChI=1S/C50H36N2/c1-33-23-25-39(43(29-33)35-15-7-3-8-16-35)47-31-45(37-19-11-5-12-20-37)41-27-28-42-46(38-21-13-6-14-22-38)32-48(52-50(42)49(41)51-47)40-26-24-34(2)30-44(40)36-17-9-4-10-18-36/h3-32H,1-2H3. The number of hydrogen-bond donors (Lipinski definition) is 0. The Morgan fingerprint density at radius 2 is 0.615 bits per heavy atom. The van der Waals surface area contributed by atoms with Crippen LogP contribution < -0.4 is 0 Å². The second kappa shape index (κ2) is 13.2. The molecule has 0 fully saturated rings. The van der Waals surface area contributed by atoms with Crippen LogP contribution in [0.2, 0.25) is 0 Å². The van der Waals surface area contributed by atoms with E-state index < -0.39 is 0 Å². The Kier molecular flexibility index (Phi) is 7.98. The van der Waals surface area contributed by atoms with E-state index in [1.54, 1.807) is 0 Å². The van der Waals surface area contributed by atoms with Gasteiger partial charge in [0.2, 0.25) is 0 Å². The number of pyridine rings is 2. The summed E-state index contributed by atoms with van der Waals surface area (Å²) in [5.41, 5.74) is 17.5. The molecular weight excluding hydrogens is 629 g/mol. The minimum Gasteiger partial charge on any atom is -0.245 e. The third kappa shape index (κ3) is 5.75. The van der Waals surface area contributed by atoms with Crippen molar-refractivity contribution in [2.75, 3.05) is 0 Å². The molecule has 0 saturated heterocycles. The maximum absolute atomic E-state index is 5.58. The van der Waals surface area contributed by atoms with E-state index in [1.165, 1.54) is 22.3 Å².